The van der Waals surface area contributed by atoms with E-state index in [2.05, 4.69) is 20.8 Å². The minimum Gasteiger partial charge on any atom is -0.390 e. The van der Waals surface area contributed by atoms with Gasteiger partial charge in [0.2, 0.25) is 0 Å². The molecule has 5 unspecified atom stereocenters. The molecular formula is C20H36F2O. The van der Waals surface area contributed by atoms with Crippen molar-refractivity contribution in [2.45, 2.75) is 97.0 Å². The van der Waals surface area contributed by atoms with E-state index >= 15 is 0 Å². The summed E-state index contributed by atoms with van der Waals surface area (Å²) in [5.41, 5.74) is 0. The van der Waals surface area contributed by atoms with Gasteiger partial charge in [-0.05, 0) is 74.5 Å². The van der Waals surface area contributed by atoms with Crippen LogP contribution in [0.1, 0.15) is 78.6 Å². The summed E-state index contributed by atoms with van der Waals surface area (Å²) in [6.07, 6.45) is 5.22. The molecule has 0 aliphatic heterocycles. The first-order valence-electron chi connectivity index (χ1n) is 9.90. The van der Waals surface area contributed by atoms with E-state index < -0.39 is 18.4 Å². The number of aliphatic hydroxyl groups is 1. The van der Waals surface area contributed by atoms with E-state index in [0.717, 1.165) is 30.6 Å². The molecule has 23 heavy (non-hydrogen) atoms. The van der Waals surface area contributed by atoms with Crippen LogP contribution in [-0.4, -0.2) is 23.6 Å². The van der Waals surface area contributed by atoms with Gasteiger partial charge in [-0.25, -0.2) is 8.78 Å². The van der Waals surface area contributed by atoms with Gasteiger partial charge in [0.15, 0.2) is 6.17 Å². The standard InChI is InChI=1S/C20H36F2O/c1-4-14(6-5-13(2)3)15-7-9-16(10-8-15)17-11-12-18(23)20(22)19(17)21/h13-20,23H,4-12H2,1-3H3. The lowest BCUT2D eigenvalue weighted by Crippen LogP contribution is -2.44. The first kappa shape index (κ1) is 19.1. The van der Waals surface area contributed by atoms with Crippen molar-refractivity contribution in [3.63, 3.8) is 0 Å². The lowest BCUT2D eigenvalue weighted by atomic mass is 9.66. The van der Waals surface area contributed by atoms with Crippen LogP contribution in [0.2, 0.25) is 0 Å². The van der Waals surface area contributed by atoms with Gasteiger partial charge in [-0.1, -0.05) is 33.6 Å². The highest BCUT2D eigenvalue weighted by Gasteiger charge is 2.43. The molecule has 0 aromatic carbocycles. The number of hydrogen-bond donors (Lipinski definition) is 1. The molecule has 2 aliphatic rings. The third-order valence-electron chi connectivity index (χ3n) is 6.60. The van der Waals surface area contributed by atoms with Crippen molar-refractivity contribution in [3.05, 3.63) is 0 Å². The van der Waals surface area contributed by atoms with Crippen LogP contribution in [0.25, 0.3) is 0 Å². The molecule has 5 atom stereocenters. The van der Waals surface area contributed by atoms with E-state index in [9.17, 15) is 13.9 Å². The predicted molar refractivity (Wildman–Crippen MR) is 91.8 cm³/mol. The van der Waals surface area contributed by atoms with Gasteiger partial charge in [0, 0.05) is 0 Å². The molecule has 136 valence electrons. The summed E-state index contributed by atoms with van der Waals surface area (Å²) in [6.45, 7) is 6.87. The van der Waals surface area contributed by atoms with Crippen LogP contribution in [0.4, 0.5) is 8.78 Å². The van der Waals surface area contributed by atoms with E-state index in [-0.39, 0.29) is 5.92 Å². The van der Waals surface area contributed by atoms with Crippen LogP contribution in [0, 0.1) is 29.6 Å². The van der Waals surface area contributed by atoms with Gasteiger partial charge in [0.05, 0.1) is 6.10 Å². The molecule has 2 saturated carbocycles. The Morgan fingerprint density at radius 1 is 0.913 bits per heavy atom. The average molecular weight is 331 g/mol. The molecule has 0 aromatic rings. The lowest BCUT2D eigenvalue weighted by Gasteiger charge is -2.41. The first-order chi connectivity index (χ1) is 10.9. The zero-order chi connectivity index (χ0) is 17.0. The zero-order valence-corrected chi connectivity index (χ0v) is 15.2. The van der Waals surface area contributed by atoms with Gasteiger partial charge < -0.3 is 5.11 Å². The Kier molecular flexibility index (Phi) is 7.31. The molecule has 1 N–H and O–H groups in total. The molecule has 2 rings (SSSR count). The van der Waals surface area contributed by atoms with Crippen molar-refractivity contribution in [3.8, 4) is 0 Å². The monoisotopic (exact) mass is 330 g/mol. The Morgan fingerprint density at radius 2 is 1.57 bits per heavy atom. The molecule has 0 aromatic heterocycles. The van der Waals surface area contributed by atoms with Crippen molar-refractivity contribution in [1.29, 1.82) is 0 Å². The molecule has 0 saturated heterocycles. The van der Waals surface area contributed by atoms with Gasteiger partial charge in [0.25, 0.3) is 0 Å². The van der Waals surface area contributed by atoms with Crippen molar-refractivity contribution in [2.75, 3.05) is 0 Å². The van der Waals surface area contributed by atoms with Gasteiger partial charge in [-0.2, -0.15) is 0 Å². The van der Waals surface area contributed by atoms with Crippen LogP contribution in [0.15, 0.2) is 0 Å². The maximum Gasteiger partial charge on any atom is 0.157 e. The number of alkyl halides is 2. The second-order valence-corrected chi connectivity index (χ2v) is 8.51. The molecular weight excluding hydrogens is 294 g/mol. The minimum atomic E-state index is -1.67. The highest BCUT2D eigenvalue weighted by molar-refractivity contribution is 4.92. The average Bonchev–Trinajstić information content (AvgIpc) is 2.54. The zero-order valence-electron chi connectivity index (χ0n) is 15.2. The first-order valence-corrected chi connectivity index (χ1v) is 9.90. The largest absolute Gasteiger partial charge is 0.390 e. The van der Waals surface area contributed by atoms with Crippen LogP contribution < -0.4 is 0 Å². The molecule has 0 radical (unpaired) electrons. The quantitative estimate of drug-likeness (QED) is 0.662. The summed E-state index contributed by atoms with van der Waals surface area (Å²) in [5.74, 6) is 2.52. The molecule has 0 spiro atoms. The second-order valence-electron chi connectivity index (χ2n) is 8.51. The predicted octanol–water partition coefficient (Wildman–Crippen LogP) is 5.70. The van der Waals surface area contributed by atoms with Gasteiger partial charge >= 0.3 is 0 Å². The third-order valence-corrected chi connectivity index (χ3v) is 6.60. The summed E-state index contributed by atoms with van der Waals surface area (Å²) in [6, 6.07) is 0. The Hall–Kier alpha value is -0.180. The summed E-state index contributed by atoms with van der Waals surface area (Å²) in [5, 5.41) is 9.50. The summed E-state index contributed by atoms with van der Waals surface area (Å²) in [4.78, 5) is 0. The van der Waals surface area contributed by atoms with Crippen LogP contribution in [-0.2, 0) is 0 Å². The SMILES string of the molecule is CCC(CCC(C)C)C1CCC(C2CCC(O)C(F)C2F)CC1. The fourth-order valence-electron chi connectivity index (χ4n) is 4.99. The number of halogens is 2. The van der Waals surface area contributed by atoms with E-state index in [1.54, 1.807) is 0 Å². The lowest BCUT2D eigenvalue weighted by molar-refractivity contribution is -0.0558. The summed E-state index contributed by atoms with van der Waals surface area (Å²) >= 11 is 0. The Labute approximate surface area is 141 Å². The van der Waals surface area contributed by atoms with E-state index in [1.807, 2.05) is 0 Å². The van der Waals surface area contributed by atoms with Crippen LogP contribution >= 0.6 is 0 Å². The molecule has 1 nitrogen and oxygen atoms in total. The van der Waals surface area contributed by atoms with Crippen molar-refractivity contribution < 1.29 is 13.9 Å². The maximum absolute atomic E-state index is 14.3. The molecule has 0 heterocycles. The molecule has 2 fully saturated rings. The highest BCUT2D eigenvalue weighted by atomic mass is 19.2. The Morgan fingerprint density at radius 3 is 2.13 bits per heavy atom. The maximum atomic E-state index is 14.3. The fraction of sp³-hybridized carbons (Fsp3) is 1.00. The molecule has 0 amide bonds. The van der Waals surface area contributed by atoms with E-state index in [0.29, 0.717) is 18.8 Å². The topological polar surface area (TPSA) is 20.2 Å². The van der Waals surface area contributed by atoms with Crippen LogP contribution in [0.5, 0.6) is 0 Å². The van der Waals surface area contributed by atoms with E-state index in [1.165, 1.54) is 32.1 Å². The van der Waals surface area contributed by atoms with Crippen molar-refractivity contribution >= 4 is 0 Å². The van der Waals surface area contributed by atoms with Gasteiger partial charge in [0.1, 0.15) is 6.17 Å². The van der Waals surface area contributed by atoms with E-state index in [4.69, 9.17) is 0 Å². The van der Waals surface area contributed by atoms with Gasteiger partial charge in [-0.3, -0.25) is 0 Å². The second kappa shape index (κ2) is 8.78. The molecule has 2 aliphatic carbocycles. The molecule has 3 heteroatoms. The van der Waals surface area contributed by atoms with Crippen molar-refractivity contribution in [1.82, 2.24) is 0 Å². The van der Waals surface area contributed by atoms with Crippen molar-refractivity contribution in [2.24, 2.45) is 29.6 Å². The number of aliphatic hydroxyl groups excluding tert-OH is 1. The Balaban J connectivity index is 1.83. The third kappa shape index (κ3) is 4.90. The fourth-order valence-corrected chi connectivity index (χ4v) is 4.99. The minimum absolute atomic E-state index is 0.162. The summed E-state index contributed by atoms with van der Waals surface area (Å²) in [7, 11) is 0. The number of rotatable bonds is 6. The van der Waals surface area contributed by atoms with Crippen LogP contribution in [0.3, 0.4) is 0 Å². The Bertz CT molecular complexity index is 339. The molecule has 0 bridgehead atoms. The van der Waals surface area contributed by atoms with Gasteiger partial charge in [-0.15, -0.1) is 0 Å². The normalized spacial score (nSPS) is 40.3. The highest BCUT2D eigenvalue weighted by Crippen LogP contribution is 2.44. The number of hydrogen-bond acceptors (Lipinski definition) is 1. The summed E-state index contributed by atoms with van der Waals surface area (Å²) < 4.78 is 28.1. The smallest absolute Gasteiger partial charge is 0.157 e.